The van der Waals surface area contributed by atoms with Crippen LogP contribution in [0.15, 0.2) is 24.5 Å². The Balaban J connectivity index is 1.31. The smallest absolute Gasteiger partial charge is 0.231 e. The minimum Gasteiger partial charge on any atom is -0.454 e. The molecule has 0 unspecified atom stereocenters. The van der Waals surface area contributed by atoms with Gasteiger partial charge >= 0.3 is 0 Å². The Labute approximate surface area is 157 Å². The fraction of sp³-hybridized carbons (Fsp3) is 0.421. The second-order valence-corrected chi connectivity index (χ2v) is 7.11. The van der Waals surface area contributed by atoms with Crippen LogP contribution < -0.4 is 14.4 Å². The number of aryl methyl sites for hydroxylation is 1. The fourth-order valence-electron chi connectivity index (χ4n) is 3.84. The maximum atomic E-state index is 5.49. The molecule has 0 atom stereocenters. The standard InChI is InChI=1S/C19H22N6O2/c1-13-14(2)22-25-11-20-21-19(25)18(13)24-7-5-23(6-8-24)10-15-3-4-16-17(9-15)27-12-26-16/h3-4,9,11H,5-8,10,12H2,1-2H3. The third-order valence-corrected chi connectivity index (χ3v) is 5.43. The molecule has 27 heavy (non-hydrogen) atoms. The van der Waals surface area contributed by atoms with Gasteiger partial charge in [-0.3, -0.25) is 4.90 Å². The molecule has 3 aromatic rings. The first-order valence-corrected chi connectivity index (χ1v) is 9.22. The zero-order valence-corrected chi connectivity index (χ0v) is 15.6. The molecule has 1 saturated heterocycles. The summed E-state index contributed by atoms with van der Waals surface area (Å²) in [5.41, 5.74) is 5.44. The van der Waals surface area contributed by atoms with E-state index in [1.165, 1.54) is 11.1 Å². The van der Waals surface area contributed by atoms with Gasteiger partial charge in [-0.1, -0.05) is 6.07 Å². The Hall–Kier alpha value is -2.87. The van der Waals surface area contributed by atoms with Gasteiger partial charge in [-0.15, -0.1) is 10.2 Å². The number of aromatic nitrogens is 4. The van der Waals surface area contributed by atoms with E-state index < -0.39 is 0 Å². The zero-order chi connectivity index (χ0) is 18.4. The van der Waals surface area contributed by atoms with Crippen molar-refractivity contribution < 1.29 is 9.47 Å². The summed E-state index contributed by atoms with van der Waals surface area (Å²) in [4.78, 5) is 4.88. The van der Waals surface area contributed by atoms with Gasteiger partial charge in [0, 0.05) is 32.7 Å². The third-order valence-electron chi connectivity index (χ3n) is 5.43. The molecule has 8 heteroatoms. The van der Waals surface area contributed by atoms with Gasteiger partial charge in [0.15, 0.2) is 11.5 Å². The van der Waals surface area contributed by atoms with Crippen molar-refractivity contribution in [2.45, 2.75) is 20.4 Å². The molecule has 8 nitrogen and oxygen atoms in total. The van der Waals surface area contributed by atoms with E-state index in [-0.39, 0.29) is 0 Å². The number of hydrogen-bond donors (Lipinski definition) is 0. The van der Waals surface area contributed by atoms with E-state index in [4.69, 9.17) is 9.47 Å². The highest BCUT2D eigenvalue weighted by atomic mass is 16.7. The second-order valence-electron chi connectivity index (χ2n) is 7.11. The zero-order valence-electron chi connectivity index (χ0n) is 15.6. The topological polar surface area (TPSA) is 68.0 Å². The van der Waals surface area contributed by atoms with Crippen LogP contribution in [0, 0.1) is 13.8 Å². The van der Waals surface area contributed by atoms with E-state index in [0.29, 0.717) is 6.79 Å². The van der Waals surface area contributed by atoms with E-state index in [1.807, 2.05) is 13.0 Å². The molecule has 2 aromatic heterocycles. The van der Waals surface area contributed by atoms with Crippen LogP contribution in [-0.4, -0.2) is 57.7 Å². The molecule has 4 heterocycles. The lowest BCUT2D eigenvalue weighted by molar-refractivity contribution is 0.174. The van der Waals surface area contributed by atoms with Crippen LogP contribution >= 0.6 is 0 Å². The summed E-state index contributed by atoms with van der Waals surface area (Å²) in [6.07, 6.45) is 1.67. The molecule has 0 aliphatic carbocycles. The molecular formula is C19H22N6O2. The predicted octanol–water partition coefficient (Wildman–Crippen LogP) is 1.79. The average molecular weight is 366 g/mol. The number of nitrogens with zero attached hydrogens (tertiary/aromatic N) is 6. The van der Waals surface area contributed by atoms with Crippen molar-refractivity contribution in [1.82, 2.24) is 24.7 Å². The highest BCUT2D eigenvalue weighted by molar-refractivity contribution is 5.72. The number of rotatable bonds is 3. The lowest BCUT2D eigenvalue weighted by Crippen LogP contribution is -2.46. The first-order chi connectivity index (χ1) is 13.2. The molecule has 0 radical (unpaired) electrons. The normalized spacial score (nSPS) is 17.0. The van der Waals surface area contributed by atoms with Crippen LogP contribution in [0.1, 0.15) is 16.8 Å². The number of fused-ring (bicyclic) bond motifs is 2. The summed E-state index contributed by atoms with van der Waals surface area (Å²) < 4.78 is 12.7. The van der Waals surface area contributed by atoms with E-state index in [9.17, 15) is 0 Å². The number of ether oxygens (including phenoxy) is 2. The van der Waals surface area contributed by atoms with Gasteiger partial charge in [-0.05, 0) is 37.1 Å². The van der Waals surface area contributed by atoms with Crippen LogP contribution in [0.5, 0.6) is 11.5 Å². The van der Waals surface area contributed by atoms with Crippen molar-refractivity contribution in [1.29, 1.82) is 0 Å². The van der Waals surface area contributed by atoms with Crippen LogP contribution in [0.4, 0.5) is 5.69 Å². The molecule has 0 bridgehead atoms. The van der Waals surface area contributed by atoms with Gasteiger partial charge in [0.05, 0.1) is 11.4 Å². The highest BCUT2D eigenvalue weighted by Gasteiger charge is 2.23. The van der Waals surface area contributed by atoms with Gasteiger partial charge in [0.1, 0.15) is 6.33 Å². The van der Waals surface area contributed by atoms with Crippen LogP contribution in [0.2, 0.25) is 0 Å². The molecule has 1 aromatic carbocycles. The van der Waals surface area contributed by atoms with Crippen molar-refractivity contribution in [3.8, 4) is 11.5 Å². The van der Waals surface area contributed by atoms with Crippen LogP contribution in [-0.2, 0) is 6.54 Å². The molecule has 0 spiro atoms. The minimum absolute atomic E-state index is 0.319. The van der Waals surface area contributed by atoms with E-state index >= 15 is 0 Å². The number of benzene rings is 1. The lowest BCUT2D eigenvalue weighted by atomic mass is 10.1. The molecule has 0 amide bonds. The maximum Gasteiger partial charge on any atom is 0.231 e. The van der Waals surface area contributed by atoms with Gasteiger partial charge in [-0.25, -0.2) is 0 Å². The average Bonchev–Trinajstić information content (AvgIpc) is 3.32. The summed E-state index contributed by atoms with van der Waals surface area (Å²) in [6, 6.07) is 6.21. The number of hydrogen-bond acceptors (Lipinski definition) is 7. The molecule has 0 saturated carbocycles. The summed E-state index contributed by atoms with van der Waals surface area (Å²) in [5.74, 6) is 1.69. The summed E-state index contributed by atoms with van der Waals surface area (Å²) in [5, 5.41) is 12.8. The van der Waals surface area contributed by atoms with E-state index in [2.05, 4.69) is 44.2 Å². The Morgan fingerprint density at radius 2 is 1.85 bits per heavy atom. The summed E-state index contributed by atoms with van der Waals surface area (Å²) in [6.45, 7) is 9.29. The Kier molecular flexibility index (Phi) is 3.86. The van der Waals surface area contributed by atoms with Crippen LogP contribution in [0.3, 0.4) is 0 Å². The molecule has 2 aliphatic rings. The third kappa shape index (κ3) is 2.86. The van der Waals surface area contributed by atoms with E-state index in [1.54, 1.807) is 10.8 Å². The quantitative estimate of drug-likeness (QED) is 0.700. The van der Waals surface area contributed by atoms with Crippen LogP contribution in [0.25, 0.3) is 5.65 Å². The van der Waals surface area contributed by atoms with Crippen molar-refractivity contribution in [3.05, 3.63) is 41.3 Å². The molecular weight excluding hydrogens is 344 g/mol. The van der Waals surface area contributed by atoms with Crippen molar-refractivity contribution >= 4 is 11.3 Å². The van der Waals surface area contributed by atoms with E-state index in [0.717, 1.165) is 61.3 Å². The van der Waals surface area contributed by atoms with Crippen molar-refractivity contribution in [2.75, 3.05) is 37.9 Å². The molecule has 5 rings (SSSR count). The SMILES string of the molecule is Cc1nn2cnnc2c(N2CCN(Cc3ccc4c(c3)OCO4)CC2)c1C. The second kappa shape index (κ2) is 6.38. The largest absolute Gasteiger partial charge is 0.454 e. The first-order valence-electron chi connectivity index (χ1n) is 9.22. The summed E-state index contributed by atoms with van der Waals surface area (Å²) in [7, 11) is 0. The summed E-state index contributed by atoms with van der Waals surface area (Å²) >= 11 is 0. The molecule has 0 N–H and O–H groups in total. The minimum atomic E-state index is 0.319. The van der Waals surface area contributed by atoms with Crippen molar-refractivity contribution in [2.24, 2.45) is 0 Å². The lowest BCUT2D eigenvalue weighted by Gasteiger charge is -2.36. The highest BCUT2D eigenvalue weighted by Crippen LogP contribution is 2.33. The van der Waals surface area contributed by atoms with Gasteiger partial charge in [0.2, 0.25) is 12.4 Å². The molecule has 140 valence electrons. The predicted molar refractivity (Wildman–Crippen MR) is 100 cm³/mol. The Morgan fingerprint density at radius 3 is 2.70 bits per heavy atom. The number of anilines is 1. The Bertz CT molecular complexity index is 993. The van der Waals surface area contributed by atoms with Crippen molar-refractivity contribution in [3.63, 3.8) is 0 Å². The monoisotopic (exact) mass is 366 g/mol. The van der Waals surface area contributed by atoms with Gasteiger partial charge < -0.3 is 14.4 Å². The number of piperazine rings is 1. The van der Waals surface area contributed by atoms with Gasteiger partial charge in [-0.2, -0.15) is 9.61 Å². The Morgan fingerprint density at radius 1 is 1.04 bits per heavy atom. The first kappa shape index (κ1) is 16.3. The fourth-order valence-corrected chi connectivity index (χ4v) is 3.84. The molecule has 1 fully saturated rings. The maximum absolute atomic E-state index is 5.49. The molecule has 2 aliphatic heterocycles. The van der Waals surface area contributed by atoms with Gasteiger partial charge in [0.25, 0.3) is 0 Å².